The van der Waals surface area contributed by atoms with Crippen LogP contribution in [0.4, 0.5) is 0 Å². The molecule has 1 aliphatic heterocycles. The summed E-state index contributed by atoms with van der Waals surface area (Å²) in [7, 11) is 1.87. The molecule has 110 valence electrons. The average molecular weight is 271 g/mol. The lowest BCUT2D eigenvalue weighted by molar-refractivity contribution is -0.145. The van der Waals surface area contributed by atoms with E-state index in [1.807, 2.05) is 23.8 Å². The fourth-order valence-electron chi connectivity index (χ4n) is 2.00. The van der Waals surface area contributed by atoms with Crippen LogP contribution < -0.4 is 5.32 Å². The molecule has 0 aromatic carbocycles. The van der Waals surface area contributed by atoms with Crippen molar-refractivity contribution >= 4 is 11.9 Å². The second-order valence-electron chi connectivity index (χ2n) is 4.90. The highest BCUT2D eigenvalue weighted by Gasteiger charge is 2.21. The highest BCUT2D eigenvalue weighted by atomic mass is 16.5. The van der Waals surface area contributed by atoms with Crippen molar-refractivity contribution in [3.63, 3.8) is 0 Å². The predicted molar refractivity (Wildman–Crippen MR) is 72.8 cm³/mol. The second-order valence-corrected chi connectivity index (χ2v) is 4.90. The lowest BCUT2D eigenvalue weighted by atomic mass is 10.2. The molecule has 0 spiro atoms. The molecule has 0 bridgehead atoms. The van der Waals surface area contributed by atoms with E-state index in [4.69, 9.17) is 4.74 Å². The molecule has 19 heavy (non-hydrogen) atoms. The summed E-state index contributed by atoms with van der Waals surface area (Å²) in [6.45, 7) is 7.71. The summed E-state index contributed by atoms with van der Waals surface area (Å²) < 4.78 is 4.91. The van der Waals surface area contributed by atoms with Gasteiger partial charge >= 0.3 is 5.97 Å². The van der Waals surface area contributed by atoms with E-state index in [2.05, 4.69) is 5.32 Å². The number of amides is 1. The minimum atomic E-state index is -0.212. The molecule has 0 radical (unpaired) electrons. The third-order valence-corrected chi connectivity index (χ3v) is 3.37. The van der Waals surface area contributed by atoms with Gasteiger partial charge in [-0.25, -0.2) is 0 Å². The van der Waals surface area contributed by atoms with Crippen molar-refractivity contribution in [3.05, 3.63) is 0 Å². The van der Waals surface area contributed by atoms with E-state index >= 15 is 0 Å². The molecule has 0 aromatic heterocycles. The van der Waals surface area contributed by atoms with Crippen LogP contribution in [0.15, 0.2) is 0 Å². The fraction of sp³-hybridized carbons (Fsp3) is 0.846. The van der Waals surface area contributed by atoms with Gasteiger partial charge in [0.25, 0.3) is 0 Å². The van der Waals surface area contributed by atoms with Gasteiger partial charge in [0.15, 0.2) is 0 Å². The Bertz CT molecular complexity index is 304. The molecule has 1 rings (SSSR count). The highest BCUT2D eigenvalue weighted by molar-refractivity contribution is 5.78. The first-order chi connectivity index (χ1) is 9.04. The van der Waals surface area contributed by atoms with Gasteiger partial charge < -0.3 is 15.0 Å². The monoisotopic (exact) mass is 271 g/mol. The number of nitrogens with one attached hydrogen (secondary N) is 1. The summed E-state index contributed by atoms with van der Waals surface area (Å²) in [6, 6.07) is 0.00548. The molecular formula is C13H25N3O3. The van der Waals surface area contributed by atoms with Gasteiger partial charge in [-0.1, -0.05) is 0 Å². The van der Waals surface area contributed by atoms with Crippen LogP contribution in [-0.2, 0) is 14.3 Å². The molecule has 1 N–H and O–H groups in total. The van der Waals surface area contributed by atoms with Crippen LogP contribution in [0.2, 0.25) is 0 Å². The number of likely N-dealkylation sites (N-methyl/N-ethyl adjacent to an activating group) is 1. The summed E-state index contributed by atoms with van der Waals surface area (Å²) >= 11 is 0. The molecule has 1 saturated heterocycles. The Kier molecular flexibility index (Phi) is 6.80. The second kappa shape index (κ2) is 8.12. The van der Waals surface area contributed by atoms with Crippen LogP contribution in [0.25, 0.3) is 0 Å². The van der Waals surface area contributed by atoms with E-state index in [0.717, 1.165) is 26.2 Å². The Morgan fingerprint density at radius 1 is 1.37 bits per heavy atom. The van der Waals surface area contributed by atoms with Gasteiger partial charge in [-0.05, 0) is 20.9 Å². The molecule has 1 atom stereocenters. The first-order valence-electron chi connectivity index (χ1n) is 6.89. The average Bonchev–Trinajstić information content (AvgIpc) is 2.39. The molecule has 6 heteroatoms. The van der Waals surface area contributed by atoms with Gasteiger partial charge in [0.1, 0.15) is 0 Å². The van der Waals surface area contributed by atoms with E-state index < -0.39 is 0 Å². The summed E-state index contributed by atoms with van der Waals surface area (Å²) in [6.07, 6.45) is 0.319. The van der Waals surface area contributed by atoms with Gasteiger partial charge in [-0.15, -0.1) is 0 Å². The lowest BCUT2D eigenvalue weighted by Gasteiger charge is -2.30. The number of piperazine rings is 1. The van der Waals surface area contributed by atoms with Crippen molar-refractivity contribution < 1.29 is 14.3 Å². The molecule has 1 amide bonds. The number of carbonyl (C=O) groups excluding carboxylic acids is 2. The van der Waals surface area contributed by atoms with Crippen LogP contribution in [0.1, 0.15) is 20.3 Å². The zero-order valence-electron chi connectivity index (χ0n) is 12.1. The summed E-state index contributed by atoms with van der Waals surface area (Å²) in [5.41, 5.74) is 0. The number of hydrogen-bond acceptors (Lipinski definition) is 5. The SMILES string of the molecule is CCOC(=O)CC(C)N(C)CC(=O)N1CCNCC1. The molecule has 1 heterocycles. The molecule has 0 aromatic rings. The Hall–Kier alpha value is -1.14. The molecule has 1 unspecified atom stereocenters. The summed E-state index contributed by atoms with van der Waals surface area (Å²) in [5.74, 6) is -0.0869. The topological polar surface area (TPSA) is 61.9 Å². The van der Waals surface area contributed by atoms with Gasteiger partial charge in [0, 0.05) is 32.2 Å². The third kappa shape index (κ3) is 5.57. The zero-order valence-corrected chi connectivity index (χ0v) is 12.1. The Morgan fingerprint density at radius 2 is 2.00 bits per heavy atom. The minimum absolute atomic E-state index is 0.00548. The Balaban J connectivity index is 2.33. The van der Waals surface area contributed by atoms with E-state index in [1.165, 1.54) is 0 Å². The number of ether oxygens (including phenoxy) is 1. The number of nitrogens with zero attached hydrogens (tertiary/aromatic N) is 2. The van der Waals surface area contributed by atoms with Crippen molar-refractivity contribution in [1.29, 1.82) is 0 Å². The van der Waals surface area contributed by atoms with Crippen molar-refractivity contribution in [3.8, 4) is 0 Å². The number of carbonyl (C=O) groups is 2. The molecule has 6 nitrogen and oxygen atoms in total. The van der Waals surface area contributed by atoms with E-state index in [1.54, 1.807) is 6.92 Å². The van der Waals surface area contributed by atoms with E-state index in [9.17, 15) is 9.59 Å². The third-order valence-electron chi connectivity index (χ3n) is 3.37. The predicted octanol–water partition coefficient (Wildman–Crippen LogP) is -0.308. The van der Waals surface area contributed by atoms with Crippen LogP contribution >= 0.6 is 0 Å². The molecule has 0 saturated carbocycles. The summed E-state index contributed by atoms with van der Waals surface area (Å²) in [5, 5.41) is 3.22. The Labute approximate surface area is 115 Å². The number of rotatable bonds is 6. The smallest absolute Gasteiger partial charge is 0.307 e. The molecule has 0 aliphatic carbocycles. The van der Waals surface area contributed by atoms with Crippen LogP contribution in [0.3, 0.4) is 0 Å². The fourth-order valence-corrected chi connectivity index (χ4v) is 2.00. The lowest BCUT2D eigenvalue weighted by Crippen LogP contribution is -2.50. The van der Waals surface area contributed by atoms with E-state index in [0.29, 0.717) is 19.6 Å². The van der Waals surface area contributed by atoms with Gasteiger partial charge in [0.05, 0.1) is 19.6 Å². The highest BCUT2D eigenvalue weighted by Crippen LogP contribution is 2.04. The van der Waals surface area contributed by atoms with Crippen molar-refractivity contribution in [2.75, 3.05) is 46.4 Å². The van der Waals surface area contributed by atoms with Crippen LogP contribution in [0.5, 0.6) is 0 Å². The number of hydrogen-bond donors (Lipinski definition) is 1. The van der Waals surface area contributed by atoms with Gasteiger partial charge in [-0.2, -0.15) is 0 Å². The first kappa shape index (κ1) is 15.9. The largest absolute Gasteiger partial charge is 0.466 e. The normalized spacial score (nSPS) is 17.4. The van der Waals surface area contributed by atoms with Gasteiger partial charge in [0.2, 0.25) is 5.91 Å². The zero-order chi connectivity index (χ0) is 14.3. The maximum absolute atomic E-state index is 12.1. The van der Waals surface area contributed by atoms with Crippen LogP contribution in [-0.4, -0.2) is 74.1 Å². The quantitative estimate of drug-likeness (QED) is 0.672. The number of esters is 1. The van der Waals surface area contributed by atoms with Crippen molar-refractivity contribution in [2.24, 2.45) is 0 Å². The van der Waals surface area contributed by atoms with Crippen molar-refractivity contribution in [1.82, 2.24) is 15.1 Å². The standard InChI is InChI=1S/C13H25N3O3/c1-4-19-13(18)9-11(2)15(3)10-12(17)16-7-5-14-6-8-16/h11,14H,4-10H2,1-3H3. The van der Waals surface area contributed by atoms with E-state index in [-0.39, 0.29) is 17.9 Å². The van der Waals surface area contributed by atoms with Crippen LogP contribution in [0, 0.1) is 0 Å². The first-order valence-corrected chi connectivity index (χ1v) is 6.89. The molecule has 1 fully saturated rings. The van der Waals surface area contributed by atoms with Gasteiger partial charge in [-0.3, -0.25) is 14.5 Å². The molecular weight excluding hydrogens is 246 g/mol. The Morgan fingerprint density at radius 3 is 2.58 bits per heavy atom. The molecule has 1 aliphatic rings. The minimum Gasteiger partial charge on any atom is -0.466 e. The summed E-state index contributed by atoms with van der Waals surface area (Å²) in [4.78, 5) is 27.2. The maximum atomic E-state index is 12.1. The van der Waals surface area contributed by atoms with Crippen molar-refractivity contribution in [2.45, 2.75) is 26.3 Å². The maximum Gasteiger partial charge on any atom is 0.307 e.